The summed E-state index contributed by atoms with van der Waals surface area (Å²) in [6.45, 7) is 2.21. The summed E-state index contributed by atoms with van der Waals surface area (Å²) in [4.78, 5) is 0. The number of hydrogen-bond acceptors (Lipinski definition) is 2. The van der Waals surface area contributed by atoms with Gasteiger partial charge in [0.2, 0.25) is 0 Å². The molecule has 148 valence electrons. The average molecular weight is 392 g/mol. The summed E-state index contributed by atoms with van der Waals surface area (Å²) in [5.41, 5.74) is 4.87. The number of nitrogens with zero attached hydrogens (tertiary/aromatic N) is 2. The lowest BCUT2D eigenvalue weighted by Gasteiger charge is -2.38. The van der Waals surface area contributed by atoms with Crippen LogP contribution in [0, 0.1) is 23.0 Å². The van der Waals surface area contributed by atoms with E-state index in [1.165, 1.54) is 29.8 Å². The molecule has 1 saturated carbocycles. The van der Waals surface area contributed by atoms with Crippen molar-refractivity contribution in [2.45, 2.75) is 32.3 Å². The summed E-state index contributed by atoms with van der Waals surface area (Å²) in [5.74, 6) is -0.509. The Morgan fingerprint density at radius 3 is 2.41 bits per heavy atom. The predicted molar refractivity (Wildman–Crippen MR) is 107 cm³/mol. The van der Waals surface area contributed by atoms with Gasteiger partial charge in [0, 0.05) is 0 Å². The van der Waals surface area contributed by atoms with Crippen LogP contribution in [0.15, 0.2) is 60.3 Å². The maximum atomic E-state index is 13.3. The van der Waals surface area contributed by atoms with Gasteiger partial charge in [0.1, 0.15) is 11.6 Å². The Labute approximate surface area is 168 Å². The molecule has 2 aliphatic rings. The van der Waals surface area contributed by atoms with E-state index in [0.29, 0.717) is 0 Å². The summed E-state index contributed by atoms with van der Waals surface area (Å²) in [7, 11) is 0. The third-order valence-electron chi connectivity index (χ3n) is 6.70. The van der Waals surface area contributed by atoms with E-state index >= 15 is 0 Å². The molecule has 0 radical (unpaired) electrons. The number of benzene rings is 2. The number of halogens is 2. The maximum Gasteiger partial charge on any atom is 0.123 e. The highest BCUT2D eigenvalue weighted by Gasteiger charge is 2.48. The summed E-state index contributed by atoms with van der Waals surface area (Å²) in [6.07, 6.45) is 6.00. The van der Waals surface area contributed by atoms with Crippen molar-refractivity contribution in [2.24, 2.45) is 11.3 Å². The molecule has 1 N–H and O–H groups in total. The lowest BCUT2D eigenvalue weighted by Crippen LogP contribution is -2.32. The molecule has 0 spiro atoms. The van der Waals surface area contributed by atoms with E-state index < -0.39 is 6.10 Å². The number of aliphatic hydroxyl groups excluding tert-OH is 1. The SMILES string of the molecule is C[C@]12Cc3cnn(-c4ccc(F)cc4)c3C=C1CC[C@@H]2[C@H](O)c1ccc(F)cc1. The molecule has 1 fully saturated rings. The van der Waals surface area contributed by atoms with Gasteiger partial charge in [0.25, 0.3) is 0 Å². The normalized spacial score (nSPS) is 24.0. The predicted octanol–water partition coefficient (Wildman–Crippen LogP) is 5.24. The molecule has 2 aromatic carbocycles. The van der Waals surface area contributed by atoms with E-state index in [9.17, 15) is 13.9 Å². The summed E-state index contributed by atoms with van der Waals surface area (Å²) in [5, 5.41) is 15.6. The van der Waals surface area contributed by atoms with Crippen LogP contribution < -0.4 is 0 Å². The third-order valence-corrected chi connectivity index (χ3v) is 6.70. The molecule has 2 aliphatic carbocycles. The average Bonchev–Trinajstić information content (AvgIpc) is 3.26. The van der Waals surface area contributed by atoms with Gasteiger partial charge >= 0.3 is 0 Å². The van der Waals surface area contributed by atoms with E-state index in [2.05, 4.69) is 18.1 Å². The van der Waals surface area contributed by atoms with Crippen LogP contribution in [0.4, 0.5) is 8.78 Å². The van der Waals surface area contributed by atoms with Crippen LogP contribution in [0.25, 0.3) is 11.8 Å². The zero-order valence-corrected chi connectivity index (χ0v) is 16.1. The Morgan fingerprint density at radius 2 is 1.72 bits per heavy atom. The Balaban J connectivity index is 1.49. The Hall–Kier alpha value is -2.79. The smallest absolute Gasteiger partial charge is 0.123 e. The monoisotopic (exact) mass is 392 g/mol. The number of fused-ring (bicyclic) bond motifs is 2. The molecule has 5 rings (SSSR count). The molecule has 3 aromatic rings. The van der Waals surface area contributed by atoms with Gasteiger partial charge in [0.05, 0.1) is 23.7 Å². The molecule has 3 atom stereocenters. The largest absolute Gasteiger partial charge is 0.388 e. The summed E-state index contributed by atoms with van der Waals surface area (Å²) >= 11 is 0. The lowest BCUT2D eigenvalue weighted by molar-refractivity contribution is 0.0555. The second-order valence-electron chi connectivity index (χ2n) is 8.35. The topological polar surface area (TPSA) is 38.0 Å². The van der Waals surface area contributed by atoms with Gasteiger partial charge < -0.3 is 5.11 Å². The number of aromatic nitrogens is 2. The molecule has 0 aliphatic heterocycles. The molecule has 3 nitrogen and oxygen atoms in total. The van der Waals surface area contributed by atoms with E-state index in [1.54, 1.807) is 24.3 Å². The molecule has 1 heterocycles. The second-order valence-corrected chi connectivity index (χ2v) is 8.35. The van der Waals surface area contributed by atoms with Crippen LogP contribution in [-0.4, -0.2) is 14.9 Å². The fraction of sp³-hybridized carbons (Fsp3) is 0.292. The highest BCUT2D eigenvalue weighted by atomic mass is 19.1. The Morgan fingerprint density at radius 1 is 1.07 bits per heavy atom. The maximum absolute atomic E-state index is 13.3. The van der Waals surface area contributed by atoms with Gasteiger partial charge in [-0.05, 0) is 84.2 Å². The number of hydrogen-bond donors (Lipinski definition) is 1. The first-order valence-corrected chi connectivity index (χ1v) is 9.93. The van der Waals surface area contributed by atoms with Crippen molar-refractivity contribution < 1.29 is 13.9 Å². The van der Waals surface area contributed by atoms with Gasteiger partial charge in [-0.25, -0.2) is 13.5 Å². The number of rotatable bonds is 3. The van der Waals surface area contributed by atoms with Crippen LogP contribution in [0.1, 0.15) is 42.7 Å². The fourth-order valence-corrected chi connectivity index (χ4v) is 5.06. The van der Waals surface area contributed by atoms with E-state index in [1.807, 2.05) is 10.9 Å². The van der Waals surface area contributed by atoms with Gasteiger partial charge in [-0.15, -0.1) is 0 Å². The number of allylic oxidation sites excluding steroid dienone is 1. The molecule has 0 saturated heterocycles. The molecular formula is C24H22F2N2O. The first kappa shape index (κ1) is 18.3. The highest BCUT2D eigenvalue weighted by Crippen LogP contribution is 2.56. The summed E-state index contributed by atoms with van der Waals surface area (Å²) < 4.78 is 28.4. The van der Waals surface area contributed by atoms with Crippen LogP contribution in [0.2, 0.25) is 0 Å². The van der Waals surface area contributed by atoms with Crippen molar-refractivity contribution in [1.82, 2.24) is 9.78 Å². The second kappa shape index (κ2) is 6.63. The molecule has 0 unspecified atom stereocenters. The zero-order valence-electron chi connectivity index (χ0n) is 16.1. The van der Waals surface area contributed by atoms with Gasteiger partial charge in [0.15, 0.2) is 0 Å². The van der Waals surface area contributed by atoms with Crippen LogP contribution in [0.5, 0.6) is 0 Å². The summed E-state index contributed by atoms with van der Waals surface area (Å²) in [6, 6.07) is 12.5. The van der Waals surface area contributed by atoms with Crippen molar-refractivity contribution in [2.75, 3.05) is 0 Å². The van der Waals surface area contributed by atoms with Crippen LogP contribution >= 0.6 is 0 Å². The van der Waals surface area contributed by atoms with Crippen LogP contribution in [-0.2, 0) is 6.42 Å². The van der Waals surface area contributed by atoms with Crippen LogP contribution in [0.3, 0.4) is 0 Å². The first-order valence-electron chi connectivity index (χ1n) is 9.93. The molecule has 0 amide bonds. The van der Waals surface area contributed by atoms with Gasteiger partial charge in [-0.3, -0.25) is 0 Å². The minimum atomic E-state index is -0.639. The molecule has 1 aromatic heterocycles. The van der Waals surface area contributed by atoms with Crippen molar-refractivity contribution in [3.8, 4) is 5.69 Å². The van der Waals surface area contributed by atoms with Crippen molar-refractivity contribution in [3.05, 3.63) is 88.8 Å². The molecular weight excluding hydrogens is 370 g/mol. The molecule has 5 heteroatoms. The minimum Gasteiger partial charge on any atom is -0.388 e. The number of aliphatic hydroxyl groups is 1. The lowest BCUT2D eigenvalue weighted by atomic mass is 9.67. The highest BCUT2D eigenvalue weighted by molar-refractivity contribution is 5.62. The van der Waals surface area contributed by atoms with Crippen molar-refractivity contribution in [3.63, 3.8) is 0 Å². The Bertz CT molecular complexity index is 1090. The van der Waals surface area contributed by atoms with E-state index in [-0.39, 0.29) is 23.0 Å². The standard InChI is InChI=1S/C24H22F2N2O/c1-24-13-16-14-27-28(20-9-7-19(26)8-10-20)22(16)12-17(24)4-11-21(24)23(29)15-2-5-18(25)6-3-15/h2-3,5-10,12,14,21,23,29H,4,11,13H2,1H3/t21-,23-,24+/m1/s1. The quantitative estimate of drug-likeness (QED) is 0.662. The molecule has 0 bridgehead atoms. The van der Waals surface area contributed by atoms with Gasteiger partial charge in [-0.1, -0.05) is 24.6 Å². The fourth-order valence-electron chi connectivity index (χ4n) is 5.06. The van der Waals surface area contributed by atoms with E-state index in [0.717, 1.165) is 41.8 Å². The third kappa shape index (κ3) is 2.92. The zero-order chi connectivity index (χ0) is 20.2. The van der Waals surface area contributed by atoms with Crippen molar-refractivity contribution in [1.29, 1.82) is 0 Å². The minimum absolute atomic E-state index is 0.0570. The molecule has 29 heavy (non-hydrogen) atoms. The van der Waals surface area contributed by atoms with Crippen molar-refractivity contribution >= 4 is 6.08 Å². The van der Waals surface area contributed by atoms with E-state index in [4.69, 9.17) is 0 Å². The first-order chi connectivity index (χ1) is 14.0. The Kier molecular flexibility index (Phi) is 4.17. The van der Waals surface area contributed by atoms with Gasteiger partial charge in [-0.2, -0.15) is 5.10 Å².